The molecule has 31 heavy (non-hydrogen) atoms. The van der Waals surface area contributed by atoms with E-state index in [9.17, 15) is 4.39 Å². The van der Waals surface area contributed by atoms with Gasteiger partial charge in [-0.3, -0.25) is 0 Å². The van der Waals surface area contributed by atoms with E-state index in [4.69, 9.17) is 21.1 Å². The van der Waals surface area contributed by atoms with Crippen molar-refractivity contribution in [3.8, 4) is 11.5 Å². The topological polar surface area (TPSA) is 59.2 Å². The van der Waals surface area contributed by atoms with Gasteiger partial charge in [-0.25, -0.2) is 9.37 Å². The number of nitrogens with one attached hydrogen (secondary N) is 2. The standard InChI is InChI=1S/C23H20BrClFN3O2/c1-30-21-8-15(11-27-12-23-28-19-4-2-3-5-20(19)29-23)17(24)10-22(21)31-13-14-6-7-16(26)9-18(14)25/h2-10,27H,11-13H2,1H3,(H,28,29). The minimum atomic E-state index is -0.381. The lowest BCUT2D eigenvalue weighted by molar-refractivity contribution is 0.284. The molecule has 0 saturated heterocycles. The molecule has 0 bridgehead atoms. The van der Waals surface area contributed by atoms with E-state index < -0.39 is 0 Å². The van der Waals surface area contributed by atoms with E-state index in [-0.39, 0.29) is 12.4 Å². The minimum absolute atomic E-state index is 0.200. The first-order valence-electron chi connectivity index (χ1n) is 9.61. The Morgan fingerprint density at radius 2 is 1.90 bits per heavy atom. The third-order valence-corrected chi connectivity index (χ3v) is 5.87. The van der Waals surface area contributed by atoms with Crippen molar-refractivity contribution < 1.29 is 13.9 Å². The summed E-state index contributed by atoms with van der Waals surface area (Å²) in [4.78, 5) is 7.88. The van der Waals surface area contributed by atoms with Gasteiger partial charge in [-0.15, -0.1) is 0 Å². The second-order valence-electron chi connectivity index (χ2n) is 6.92. The van der Waals surface area contributed by atoms with E-state index in [1.807, 2.05) is 36.4 Å². The number of para-hydroxylation sites is 2. The second-order valence-corrected chi connectivity index (χ2v) is 8.18. The summed E-state index contributed by atoms with van der Waals surface area (Å²) in [7, 11) is 1.59. The zero-order chi connectivity index (χ0) is 21.8. The Morgan fingerprint density at radius 3 is 2.68 bits per heavy atom. The molecule has 0 aliphatic rings. The number of halogens is 3. The highest BCUT2D eigenvalue weighted by Gasteiger charge is 2.12. The maximum absolute atomic E-state index is 13.2. The lowest BCUT2D eigenvalue weighted by Gasteiger charge is -2.15. The molecule has 0 spiro atoms. The average molecular weight is 505 g/mol. The van der Waals surface area contributed by atoms with Crippen LogP contribution in [0.15, 0.2) is 59.1 Å². The van der Waals surface area contributed by atoms with Gasteiger partial charge in [-0.2, -0.15) is 0 Å². The van der Waals surface area contributed by atoms with Crippen molar-refractivity contribution in [2.75, 3.05) is 7.11 Å². The Kier molecular flexibility index (Phi) is 6.75. The Hall–Kier alpha value is -2.61. The monoisotopic (exact) mass is 503 g/mol. The fourth-order valence-electron chi connectivity index (χ4n) is 3.18. The smallest absolute Gasteiger partial charge is 0.162 e. The van der Waals surface area contributed by atoms with E-state index in [1.54, 1.807) is 13.2 Å². The molecular weight excluding hydrogens is 485 g/mol. The molecule has 2 N–H and O–H groups in total. The molecule has 3 aromatic carbocycles. The zero-order valence-electron chi connectivity index (χ0n) is 16.7. The Labute approximate surface area is 192 Å². The highest BCUT2D eigenvalue weighted by atomic mass is 79.9. The molecular formula is C23H20BrClFN3O2. The molecule has 0 amide bonds. The SMILES string of the molecule is COc1cc(CNCc2nc3ccccc3[nH]2)c(Br)cc1OCc1ccc(F)cc1Cl. The largest absolute Gasteiger partial charge is 0.493 e. The van der Waals surface area contributed by atoms with E-state index in [0.717, 1.165) is 26.9 Å². The number of rotatable bonds is 8. The number of hydrogen-bond acceptors (Lipinski definition) is 4. The summed E-state index contributed by atoms with van der Waals surface area (Å²) in [5.74, 6) is 1.66. The van der Waals surface area contributed by atoms with Gasteiger partial charge in [0.15, 0.2) is 11.5 Å². The molecule has 1 heterocycles. The van der Waals surface area contributed by atoms with Crippen molar-refractivity contribution in [1.82, 2.24) is 15.3 Å². The van der Waals surface area contributed by atoms with Crippen LogP contribution in [-0.4, -0.2) is 17.1 Å². The fourth-order valence-corrected chi connectivity index (χ4v) is 3.87. The van der Waals surface area contributed by atoms with Crippen molar-refractivity contribution in [2.24, 2.45) is 0 Å². The molecule has 4 rings (SSSR count). The Morgan fingerprint density at radius 1 is 1.06 bits per heavy atom. The highest BCUT2D eigenvalue weighted by molar-refractivity contribution is 9.10. The number of H-pyrrole nitrogens is 1. The summed E-state index contributed by atoms with van der Waals surface area (Å²) >= 11 is 9.68. The number of fused-ring (bicyclic) bond motifs is 1. The van der Waals surface area contributed by atoms with Crippen molar-refractivity contribution in [1.29, 1.82) is 0 Å². The second kappa shape index (κ2) is 9.68. The Bertz CT molecular complexity index is 1180. The molecule has 0 saturated carbocycles. The van der Waals surface area contributed by atoms with E-state index in [2.05, 4.69) is 31.2 Å². The first-order valence-corrected chi connectivity index (χ1v) is 10.8. The molecule has 160 valence electrons. The zero-order valence-corrected chi connectivity index (χ0v) is 19.1. The van der Waals surface area contributed by atoms with Crippen LogP contribution in [0.2, 0.25) is 5.02 Å². The van der Waals surface area contributed by atoms with Gasteiger partial charge in [0, 0.05) is 16.6 Å². The highest BCUT2D eigenvalue weighted by Crippen LogP contribution is 2.34. The van der Waals surface area contributed by atoms with Gasteiger partial charge < -0.3 is 19.8 Å². The fraction of sp³-hybridized carbons (Fsp3) is 0.174. The molecule has 8 heteroatoms. The van der Waals surface area contributed by atoms with E-state index >= 15 is 0 Å². The number of imidazole rings is 1. The summed E-state index contributed by atoms with van der Waals surface area (Å²) in [5, 5.41) is 3.71. The summed E-state index contributed by atoms with van der Waals surface area (Å²) in [6.45, 7) is 1.41. The normalized spacial score (nSPS) is 11.1. The maximum atomic E-state index is 13.2. The number of ether oxygens (including phenoxy) is 2. The van der Waals surface area contributed by atoms with Crippen LogP contribution in [0.1, 0.15) is 17.0 Å². The van der Waals surface area contributed by atoms with Gasteiger partial charge in [0.05, 0.1) is 29.7 Å². The number of aromatic nitrogens is 2. The van der Waals surface area contributed by atoms with Crippen LogP contribution in [0.4, 0.5) is 4.39 Å². The molecule has 0 radical (unpaired) electrons. The number of hydrogen-bond donors (Lipinski definition) is 2. The lowest BCUT2D eigenvalue weighted by Crippen LogP contribution is -2.14. The maximum Gasteiger partial charge on any atom is 0.162 e. The van der Waals surface area contributed by atoms with Gasteiger partial charge in [0.25, 0.3) is 0 Å². The van der Waals surface area contributed by atoms with Crippen LogP contribution < -0.4 is 14.8 Å². The number of methoxy groups -OCH3 is 1. The average Bonchev–Trinajstić information content (AvgIpc) is 3.17. The molecule has 0 unspecified atom stereocenters. The summed E-state index contributed by atoms with van der Waals surface area (Å²) in [5.41, 5.74) is 3.67. The van der Waals surface area contributed by atoms with Gasteiger partial charge >= 0.3 is 0 Å². The summed E-state index contributed by atoms with van der Waals surface area (Å²) in [6.07, 6.45) is 0. The van der Waals surface area contributed by atoms with Crippen LogP contribution in [0.3, 0.4) is 0 Å². The molecule has 5 nitrogen and oxygen atoms in total. The summed E-state index contributed by atoms with van der Waals surface area (Å²) < 4.78 is 25.5. The first kappa shape index (κ1) is 21.6. The van der Waals surface area contributed by atoms with Gasteiger partial charge in [0.2, 0.25) is 0 Å². The molecule has 0 aliphatic carbocycles. The van der Waals surface area contributed by atoms with Crippen LogP contribution in [-0.2, 0) is 19.7 Å². The number of aromatic amines is 1. The van der Waals surface area contributed by atoms with Crippen LogP contribution in [0.5, 0.6) is 11.5 Å². The predicted octanol–water partition coefficient (Wildman–Crippen LogP) is 6.00. The summed E-state index contributed by atoms with van der Waals surface area (Å²) in [6, 6.07) is 15.9. The molecule has 1 aromatic heterocycles. The van der Waals surface area contributed by atoms with Crippen molar-refractivity contribution >= 4 is 38.6 Å². The van der Waals surface area contributed by atoms with Crippen molar-refractivity contribution in [3.05, 3.63) is 86.9 Å². The van der Waals surface area contributed by atoms with Crippen molar-refractivity contribution in [2.45, 2.75) is 19.7 Å². The van der Waals surface area contributed by atoms with Crippen LogP contribution in [0.25, 0.3) is 11.0 Å². The van der Waals surface area contributed by atoms with Crippen molar-refractivity contribution in [3.63, 3.8) is 0 Å². The van der Waals surface area contributed by atoms with Crippen LogP contribution >= 0.6 is 27.5 Å². The van der Waals surface area contributed by atoms with E-state index in [1.165, 1.54) is 12.1 Å². The Balaban J connectivity index is 1.41. The first-order chi connectivity index (χ1) is 15.0. The molecule has 0 atom stereocenters. The molecule has 0 fully saturated rings. The van der Waals surface area contributed by atoms with E-state index in [0.29, 0.717) is 35.2 Å². The molecule has 4 aromatic rings. The predicted molar refractivity (Wildman–Crippen MR) is 123 cm³/mol. The minimum Gasteiger partial charge on any atom is -0.493 e. The van der Waals surface area contributed by atoms with Gasteiger partial charge in [-0.05, 0) is 42.0 Å². The third kappa shape index (κ3) is 5.18. The number of benzene rings is 3. The van der Waals surface area contributed by atoms with Gasteiger partial charge in [-0.1, -0.05) is 45.7 Å². The van der Waals surface area contributed by atoms with Crippen LogP contribution in [0, 0.1) is 5.82 Å². The molecule has 0 aliphatic heterocycles. The van der Waals surface area contributed by atoms with Gasteiger partial charge in [0.1, 0.15) is 18.2 Å². The third-order valence-electron chi connectivity index (χ3n) is 4.78. The lowest BCUT2D eigenvalue weighted by atomic mass is 10.2. The quantitative estimate of drug-likeness (QED) is 0.309. The number of nitrogens with zero attached hydrogens (tertiary/aromatic N) is 1.